The van der Waals surface area contributed by atoms with Gasteiger partial charge in [0.15, 0.2) is 0 Å². The number of hydrogen-bond donors (Lipinski definition) is 2. The summed E-state index contributed by atoms with van der Waals surface area (Å²) in [4.78, 5) is 26.2. The molecule has 0 unspecified atom stereocenters. The SMILES string of the molecule is C=CCN(CC=C)C(=O)CNc1ccc(C(=O)Nc2ccc(OC)cc2)cc1. The van der Waals surface area contributed by atoms with Gasteiger partial charge in [-0.05, 0) is 48.5 Å². The first-order valence-electron chi connectivity index (χ1n) is 8.86. The predicted molar refractivity (Wildman–Crippen MR) is 113 cm³/mol. The molecule has 6 nitrogen and oxygen atoms in total. The van der Waals surface area contributed by atoms with Crippen LogP contribution >= 0.6 is 0 Å². The van der Waals surface area contributed by atoms with Gasteiger partial charge >= 0.3 is 0 Å². The summed E-state index contributed by atoms with van der Waals surface area (Å²) >= 11 is 0. The van der Waals surface area contributed by atoms with Crippen molar-refractivity contribution < 1.29 is 14.3 Å². The maximum absolute atomic E-state index is 12.3. The lowest BCUT2D eigenvalue weighted by molar-refractivity contribution is -0.128. The Morgan fingerprint density at radius 3 is 2.07 bits per heavy atom. The molecule has 28 heavy (non-hydrogen) atoms. The summed E-state index contributed by atoms with van der Waals surface area (Å²) in [7, 11) is 1.59. The standard InChI is InChI=1S/C22H25N3O3/c1-4-14-25(15-5-2)21(26)16-23-18-8-6-17(7-9-18)22(27)24-19-10-12-20(28-3)13-11-19/h4-13,23H,1-2,14-16H2,3H3,(H,24,27). The maximum Gasteiger partial charge on any atom is 0.255 e. The van der Waals surface area contributed by atoms with Crippen LogP contribution in [0.25, 0.3) is 0 Å². The van der Waals surface area contributed by atoms with Gasteiger partial charge in [-0.25, -0.2) is 0 Å². The smallest absolute Gasteiger partial charge is 0.255 e. The number of amides is 2. The van der Waals surface area contributed by atoms with Crippen LogP contribution in [0.2, 0.25) is 0 Å². The molecule has 0 aliphatic rings. The monoisotopic (exact) mass is 379 g/mol. The Kier molecular flexibility index (Phi) is 7.84. The van der Waals surface area contributed by atoms with Crippen molar-refractivity contribution >= 4 is 23.2 Å². The van der Waals surface area contributed by atoms with E-state index in [9.17, 15) is 9.59 Å². The molecule has 0 aromatic heterocycles. The van der Waals surface area contributed by atoms with Gasteiger partial charge in [0.05, 0.1) is 13.7 Å². The quantitative estimate of drug-likeness (QED) is 0.619. The van der Waals surface area contributed by atoms with E-state index in [4.69, 9.17) is 4.74 Å². The van der Waals surface area contributed by atoms with E-state index in [1.807, 2.05) is 0 Å². The van der Waals surface area contributed by atoms with Gasteiger partial charge in [-0.1, -0.05) is 12.2 Å². The molecule has 2 aromatic rings. The molecule has 0 saturated heterocycles. The molecular weight excluding hydrogens is 354 g/mol. The van der Waals surface area contributed by atoms with E-state index in [0.717, 1.165) is 11.4 Å². The number of nitrogens with one attached hydrogen (secondary N) is 2. The average molecular weight is 379 g/mol. The lowest BCUT2D eigenvalue weighted by Crippen LogP contribution is -2.35. The first-order chi connectivity index (χ1) is 13.6. The van der Waals surface area contributed by atoms with Crippen molar-refractivity contribution in [3.8, 4) is 5.75 Å². The number of rotatable bonds is 10. The van der Waals surface area contributed by atoms with Gasteiger partial charge in [0.2, 0.25) is 5.91 Å². The Bertz CT molecular complexity index is 804. The van der Waals surface area contributed by atoms with Crippen molar-refractivity contribution in [1.82, 2.24) is 4.90 Å². The lowest BCUT2D eigenvalue weighted by Gasteiger charge is -2.19. The van der Waals surface area contributed by atoms with E-state index in [0.29, 0.717) is 24.3 Å². The van der Waals surface area contributed by atoms with Gasteiger partial charge in [0.1, 0.15) is 5.75 Å². The van der Waals surface area contributed by atoms with Crippen LogP contribution in [-0.4, -0.2) is 43.5 Å². The molecule has 2 N–H and O–H groups in total. The summed E-state index contributed by atoms with van der Waals surface area (Å²) in [6.45, 7) is 8.40. The normalized spacial score (nSPS) is 9.89. The number of benzene rings is 2. The highest BCUT2D eigenvalue weighted by molar-refractivity contribution is 6.04. The Hall–Kier alpha value is -3.54. The molecule has 0 spiro atoms. The maximum atomic E-state index is 12.3. The minimum absolute atomic E-state index is 0.0545. The number of anilines is 2. The molecule has 146 valence electrons. The molecule has 2 aromatic carbocycles. The highest BCUT2D eigenvalue weighted by atomic mass is 16.5. The second-order valence-electron chi connectivity index (χ2n) is 5.99. The Morgan fingerprint density at radius 1 is 0.964 bits per heavy atom. The van der Waals surface area contributed by atoms with Gasteiger partial charge in [-0.2, -0.15) is 0 Å². The van der Waals surface area contributed by atoms with Crippen LogP contribution in [0.15, 0.2) is 73.8 Å². The molecule has 0 aliphatic heterocycles. The van der Waals surface area contributed by atoms with Crippen molar-refractivity contribution in [3.63, 3.8) is 0 Å². The second-order valence-corrected chi connectivity index (χ2v) is 5.99. The number of hydrogen-bond acceptors (Lipinski definition) is 4. The topological polar surface area (TPSA) is 70.7 Å². The molecular formula is C22H25N3O3. The van der Waals surface area contributed by atoms with Crippen LogP contribution in [0.1, 0.15) is 10.4 Å². The van der Waals surface area contributed by atoms with Crippen LogP contribution in [0.4, 0.5) is 11.4 Å². The highest BCUT2D eigenvalue weighted by Crippen LogP contribution is 2.16. The zero-order valence-corrected chi connectivity index (χ0v) is 16.0. The average Bonchev–Trinajstić information content (AvgIpc) is 2.72. The highest BCUT2D eigenvalue weighted by Gasteiger charge is 2.11. The summed E-state index contributed by atoms with van der Waals surface area (Å²) < 4.78 is 5.10. The van der Waals surface area contributed by atoms with Gasteiger partial charge in [0.25, 0.3) is 5.91 Å². The van der Waals surface area contributed by atoms with E-state index >= 15 is 0 Å². The van der Waals surface area contributed by atoms with Gasteiger partial charge in [-0.15, -0.1) is 13.2 Å². The van der Waals surface area contributed by atoms with E-state index in [-0.39, 0.29) is 18.4 Å². The predicted octanol–water partition coefficient (Wildman–Crippen LogP) is 3.56. The molecule has 0 heterocycles. The zero-order valence-electron chi connectivity index (χ0n) is 16.0. The molecule has 6 heteroatoms. The van der Waals surface area contributed by atoms with Crippen molar-refractivity contribution in [2.24, 2.45) is 0 Å². The zero-order chi connectivity index (χ0) is 20.4. The minimum atomic E-state index is -0.212. The number of carbonyl (C=O) groups is 2. The van der Waals surface area contributed by atoms with Crippen LogP contribution in [0.3, 0.4) is 0 Å². The van der Waals surface area contributed by atoms with Crippen LogP contribution < -0.4 is 15.4 Å². The largest absolute Gasteiger partial charge is 0.497 e. The first kappa shape index (κ1) is 20.8. The Morgan fingerprint density at radius 2 is 1.54 bits per heavy atom. The third-order valence-electron chi connectivity index (χ3n) is 3.99. The van der Waals surface area contributed by atoms with Crippen molar-refractivity contribution in [2.75, 3.05) is 37.4 Å². The molecule has 0 aliphatic carbocycles. The van der Waals surface area contributed by atoms with Crippen LogP contribution in [0.5, 0.6) is 5.75 Å². The molecule has 2 rings (SSSR count). The van der Waals surface area contributed by atoms with E-state index in [1.165, 1.54) is 0 Å². The molecule has 0 atom stereocenters. The molecule has 0 fully saturated rings. The fourth-order valence-corrected chi connectivity index (χ4v) is 2.50. The van der Waals surface area contributed by atoms with Crippen LogP contribution in [-0.2, 0) is 4.79 Å². The third-order valence-corrected chi connectivity index (χ3v) is 3.99. The Balaban J connectivity index is 1.91. The van der Waals surface area contributed by atoms with Gasteiger partial charge in [-0.3, -0.25) is 9.59 Å². The molecule has 0 radical (unpaired) electrons. The van der Waals surface area contributed by atoms with Crippen LogP contribution in [0, 0.1) is 0 Å². The summed E-state index contributed by atoms with van der Waals surface area (Å²) in [5.74, 6) is 0.458. The third kappa shape index (κ3) is 6.02. The van der Waals surface area contributed by atoms with Crippen molar-refractivity contribution in [1.29, 1.82) is 0 Å². The number of ether oxygens (including phenoxy) is 1. The Labute approximate surface area is 165 Å². The first-order valence-corrected chi connectivity index (χ1v) is 8.86. The summed E-state index contributed by atoms with van der Waals surface area (Å²) in [6.07, 6.45) is 3.36. The number of nitrogens with zero attached hydrogens (tertiary/aromatic N) is 1. The number of carbonyl (C=O) groups excluding carboxylic acids is 2. The summed E-state index contributed by atoms with van der Waals surface area (Å²) in [6, 6.07) is 14.0. The van der Waals surface area contributed by atoms with E-state index < -0.39 is 0 Å². The van der Waals surface area contributed by atoms with Crippen molar-refractivity contribution in [3.05, 3.63) is 79.4 Å². The van der Waals surface area contributed by atoms with E-state index in [1.54, 1.807) is 72.7 Å². The molecule has 2 amide bonds. The fraction of sp³-hybridized carbons (Fsp3) is 0.182. The minimum Gasteiger partial charge on any atom is -0.497 e. The summed E-state index contributed by atoms with van der Waals surface area (Å²) in [5.41, 5.74) is 1.96. The molecule has 0 saturated carbocycles. The summed E-state index contributed by atoms with van der Waals surface area (Å²) in [5, 5.41) is 5.89. The molecule has 0 bridgehead atoms. The van der Waals surface area contributed by atoms with E-state index in [2.05, 4.69) is 23.8 Å². The van der Waals surface area contributed by atoms with Gasteiger partial charge < -0.3 is 20.3 Å². The lowest BCUT2D eigenvalue weighted by atomic mass is 10.2. The van der Waals surface area contributed by atoms with Crippen molar-refractivity contribution in [2.45, 2.75) is 0 Å². The van der Waals surface area contributed by atoms with Gasteiger partial charge in [0, 0.05) is 30.0 Å². The number of methoxy groups -OCH3 is 1. The second kappa shape index (κ2) is 10.6. The fourth-order valence-electron chi connectivity index (χ4n) is 2.50.